The zero-order valence-electron chi connectivity index (χ0n) is 10.2. The van der Waals surface area contributed by atoms with Gasteiger partial charge >= 0.3 is 0 Å². The number of carbonyl (C=O) groups excluding carboxylic acids is 1. The highest BCUT2D eigenvalue weighted by molar-refractivity contribution is 6.30. The van der Waals surface area contributed by atoms with Crippen molar-refractivity contribution < 1.29 is 9.18 Å². The molecule has 0 radical (unpaired) electrons. The van der Waals surface area contributed by atoms with Crippen LogP contribution in [-0.4, -0.2) is 11.8 Å². The molecular formula is C14H17ClFNO. The highest BCUT2D eigenvalue weighted by Crippen LogP contribution is 2.25. The van der Waals surface area contributed by atoms with E-state index in [9.17, 15) is 9.18 Å². The molecule has 18 heavy (non-hydrogen) atoms. The average Bonchev–Trinajstić information content (AvgIpc) is 2.34. The number of ketones is 1. The molecule has 0 aliphatic heterocycles. The molecular weight excluding hydrogens is 253 g/mol. The van der Waals surface area contributed by atoms with Gasteiger partial charge in [-0.3, -0.25) is 4.79 Å². The SMILES string of the molecule is NC1CCCCC1C(=O)Cc1ccc(F)c(Cl)c1. The van der Waals surface area contributed by atoms with E-state index in [2.05, 4.69) is 0 Å². The quantitative estimate of drug-likeness (QED) is 0.916. The van der Waals surface area contributed by atoms with Gasteiger partial charge in [0.15, 0.2) is 0 Å². The molecule has 1 aromatic carbocycles. The summed E-state index contributed by atoms with van der Waals surface area (Å²) < 4.78 is 13.0. The van der Waals surface area contributed by atoms with Crippen molar-refractivity contribution in [2.24, 2.45) is 11.7 Å². The molecule has 2 atom stereocenters. The largest absolute Gasteiger partial charge is 0.327 e. The van der Waals surface area contributed by atoms with E-state index in [0.717, 1.165) is 31.2 Å². The van der Waals surface area contributed by atoms with Crippen LogP contribution in [0.4, 0.5) is 4.39 Å². The first-order chi connectivity index (χ1) is 8.58. The van der Waals surface area contributed by atoms with E-state index in [1.54, 1.807) is 6.07 Å². The maximum Gasteiger partial charge on any atom is 0.141 e. The van der Waals surface area contributed by atoms with Crippen LogP contribution in [0.15, 0.2) is 18.2 Å². The fraction of sp³-hybridized carbons (Fsp3) is 0.500. The van der Waals surface area contributed by atoms with Gasteiger partial charge in [0.05, 0.1) is 5.02 Å². The maximum atomic E-state index is 13.0. The Morgan fingerprint density at radius 3 is 2.78 bits per heavy atom. The van der Waals surface area contributed by atoms with Gasteiger partial charge in [-0.1, -0.05) is 30.5 Å². The first-order valence-electron chi connectivity index (χ1n) is 6.30. The molecule has 0 spiro atoms. The third-order valence-corrected chi connectivity index (χ3v) is 3.88. The molecule has 2 N–H and O–H groups in total. The summed E-state index contributed by atoms with van der Waals surface area (Å²) in [7, 11) is 0. The van der Waals surface area contributed by atoms with Crippen molar-refractivity contribution in [3.05, 3.63) is 34.6 Å². The molecule has 2 unspecified atom stereocenters. The molecule has 1 aliphatic carbocycles. The summed E-state index contributed by atoms with van der Waals surface area (Å²) in [5, 5.41) is 0.0632. The van der Waals surface area contributed by atoms with Crippen molar-refractivity contribution in [3.8, 4) is 0 Å². The molecule has 0 heterocycles. The standard InChI is InChI=1S/C14H17ClFNO/c15-11-7-9(5-6-12(11)16)8-14(18)10-3-1-2-4-13(10)17/h5-7,10,13H,1-4,8,17H2. The van der Waals surface area contributed by atoms with Crippen molar-refractivity contribution in [2.75, 3.05) is 0 Å². The highest BCUT2D eigenvalue weighted by atomic mass is 35.5. The third-order valence-electron chi connectivity index (χ3n) is 3.60. The van der Waals surface area contributed by atoms with Crippen LogP contribution in [0, 0.1) is 11.7 Å². The fourth-order valence-electron chi connectivity index (χ4n) is 2.54. The van der Waals surface area contributed by atoms with Crippen molar-refractivity contribution in [3.63, 3.8) is 0 Å². The Hall–Kier alpha value is -0.930. The minimum atomic E-state index is -0.456. The van der Waals surface area contributed by atoms with E-state index in [-0.39, 0.29) is 22.8 Å². The monoisotopic (exact) mass is 269 g/mol. The van der Waals surface area contributed by atoms with Gasteiger partial charge in [-0.15, -0.1) is 0 Å². The zero-order valence-corrected chi connectivity index (χ0v) is 10.9. The normalized spacial score (nSPS) is 23.9. The lowest BCUT2D eigenvalue weighted by molar-refractivity contribution is -0.123. The Labute approximate surface area is 111 Å². The van der Waals surface area contributed by atoms with Crippen LogP contribution in [0.2, 0.25) is 5.02 Å². The van der Waals surface area contributed by atoms with Gasteiger partial charge in [0.2, 0.25) is 0 Å². The lowest BCUT2D eigenvalue weighted by atomic mass is 9.81. The number of Topliss-reactive ketones (excluding diaryl/α,β-unsaturated/α-hetero) is 1. The Morgan fingerprint density at radius 1 is 1.39 bits per heavy atom. The summed E-state index contributed by atoms with van der Waals surface area (Å²) in [6.45, 7) is 0. The van der Waals surface area contributed by atoms with Gasteiger partial charge in [0.25, 0.3) is 0 Å². The van der Waals surface area contributed by atoms with Crippen LogP contribution in [0.25, 0.3) is 0 Å². The van der Waals surface area contributed by atoms with Gasteiger partial charge in [0, 0.05) is 18.4 Å². The second-order valence-electron chi connectivity index (χ2n) is 4.95. The number of carbonyl (C=O) groups is 1. The maximum absolute atomic E-state index is 13.0. The van der Waals surface area contributed by atoms with Crippen molar-refractivity contribution in [1.29, 1.82) is 0 Å². The third kappa shape index (κ3) is 3.09. The van der Waals surface area contributed by atoms with Crippen molar-refractivity contribution >= 4 is 17.4 Å². The molecule has 0 amide bonds. The van der Waals surface area contributed by atoms with Gasteiger partial charge in [-0.2, -0.15) is 0 Å². The summed E-state index contributed by atoms with van der Waals surface area (Å²) in [5.74, 6) is -0.366. The predicted octanol–water partition coefficient (Wildman–Crippen LogP) is 3.11. The Bertz CT molecular complexity index is 449. The predicted molar refractivity (Wildman–Crippen MR) is 70.1 cm³/mol. The van der Waals surface area contributed by atoms with Crippen LogP contribution < -0.4 is 5.73 Å². The lowest BCUT2D eigenvalue weighted by Crippen LogP contribution is -2.38. The zero-order chi connectivity index (χ0) is 13.1. The van der Waals surface area contributed by atoms with E-state index in [4.69, 9.17) is 17.3 Å². The summed E-state index contributed by atoms with van der Waals surface area (Å²) in [5.41, 5.74) is 6.73. The molecule has 1 saturated carbocycles. The Kier molecular flexibility index (Phi) is 4.36. The van der Waals surface area contributed by atoms with Crippen molar-refractivity contribution in [2.45, 2.75) is 38.1 Å². The number of hydrogen-bond donors (Lipinski definition) is 1. The minimum absolute atomic E-state index is 0.0258. The van der Waals surface area contributed by atoms with Gasteiger partial charge in [-0.25, -0.2) is 4.39 Å². The molecule has 2 rings (SSSR count). The van der Waals surface area contributed by atoms with E-state index < -0.39 is 5.82 Å². The van der Waals surface area contributed by atoms with Gasteiger partial charge < -0.3 is 5.73 Å². The van der Waals surface area contributed by atoms with Gasteiger partial charge in [-0.05, 0) is 30.5 Å². The Balaban J connectivity index is 2.04. The van der Waals surface area contributed by atoms with E-state index in [1.807, 2.05) is 0 Å². The van der Waals surface area contributed by atoms with Crippen LogP contribution in [-0.2, 0) is 11.2 Å². The number of benzene rings is 1. The topological polar surface area (TPSA) is 43.1 Å². The number of nitrogens with two attached hydrogens (primary N) is 1. The van der Waals surface area contributed by atoms with E-state index in [0.29, 0.717) is 6.42 Å². The van der Waals surface area contributed by atoms with Crippen LogP contribution in [0.5, 0.6) is 0 Å². The summed E-state index contributed by atoms with van der Waals surface area (Å²) in [6.07, 6.45) is 4.25. The second kappa shape index (κ2) is 5.81. The second-order valence-corrected chi connectivity index (χ2v) is 5.35. The smallest absolute Gasteiger partial charge is 0.141 e. The molecule has 0 bridgehead atoms. The molecule has 0 aromatic heterocycles. The molecule has 1 fully saturated rings. The molecule has 0 saturated heterocycles. The van der Waals surface area contributed by atoms with Gasteiger partial charge in [0.1, 0.15) is 11.6 Å². The molecule has 1 aromatic rings. The number of hydrogen-bond acceptors (Lipinski definition) is 2. The van der Waals surface area contributed by atoms with Crippen LogP contribution in [0.3, 0.4) is 0 Å². The average molecular weight is 270 g/mol. The van der Waals surface area contributed by atoms with E-state index >= 15 is 0 Å². The summed E-state index contributed by atoms with van der Waals surface area (Å²) in [6, 6.07) is 4.39. The highest BCUT2D eigenvalue weighted by Gasteiger charge is 2.27. The molecule has 4 heteroatoms. The van der Waals surface area contributed by atoms with Crippen LogP contribution >= 0.6 is 11.6 Å². The molecule has 2 nitrogen and oxygen atoms in total. The molecule has 98 valence electrons. The van der Waals surface area contributed by atoms with Crippen molar-refractivity contribution in [1.82, 2.24) is 0 Å². The first-order valence-corrected chi connectivity index (χ1v) is 6.68. The number of rotatable bonds is 3. The van der Waals surface area contributed by atoms with E-state index in [1.165, 1.54) is 12.1 Å². The molecule has 1 aliphatic rings. The first kappa shape index (κ1) is 13.5. The Morgan fingerprint density at radius 2 is 2.11 bits per heavy atom. The summed E-state index contributed by atoms with van der Waals surface area (Å²) >= 11 is 5.70. The van der Waals surface area contributed by atoms with Crippen LogP contribution in [0.1, 0.15) is 31.2 Å². The fourth-order valence-corrected chi connectivity index (χ4v) is 2.74. The number of halogens is 2. The summed E-state index contributed by atoms with van der Waals surface area (Å²) in [4.78, 5) is 12.2. The minimum Gasteiger partial charge on any atom is -0.327 e. The lowest BCUT2D eigenvalue weighted by Gasteiger charge is -2.27.